The Bertz CT molecular complexity index is 795. The summed E-state index contributed by atoms with van der Waals surface area (Å²) in [5, 5.41) is 14.1. The summed E-state index contributed by atoms with van der Waals surface area (Å²) >= 11 is 2.73. The highest BCUT2D eigenvalue weighted by atomic mass is 32.2. The van der Waals surface area contributed by atoms with Crippen molar-refractivity contribution in [2.45, 2.75) is 0 Å². The van der Waals surface area contributed by atoms with Crippen LogP contribution in [0.15, 0.2) is 51.7 Å². The molecule has 0 atom stereocenters. The third kappa shape index (κ3) is 3.10. The fourth-order valence-corrected chi connectivity index (χ4v) is 3.40. The van der Waals surface area contributed by atoms with Gasteiger partial charge in [-0.15, -0.1) is 11.3 Å². The number of thiophene rings is 1. The number of hydrogen-bond donors (Lipinski definition) is 2. The normalized spacial score (nSPS) is 17.9. The summed E-state index contributed by atoms with van der Waals surface area (Å²) in [6, 6.07) is 10.2. The molecule has 5 nitrogen and oxygen atoms in total. The van der Waals surface area contributed by atoms with Crippen molar-refractivity contribution in [2.75, 3.05) is 0 Å². The third-order valence-corrected chi connectivity index (χ3v) is 4.55. The average Bonchev–Trinajstić information content (AvgIpc) is 3.10. The average molecular weight is 330 g/mol. The molecule has 1 amide bonds. The maximum Gasteiger partial charge on any atom is 0.337 e. The van der Waals surface area contributed by atoms with Crippen molar-refractivity contribution in [2.24, 2.45) is 4.99 Å². The number of nitrogens with zero attached hydrogens (tertiary/aromatic N) is 1. The summed E-state index contributed by atoms with van der Waals surface area (Å²) in [5.74, 6) is -1.28. The number of nitrogens with one attached hydrogen (secondary N) is 1. The number of aromatic carboxylic acids is 1. The van der Waals surface area contributed by atoms with E-state index in [1.807, 2.05) is 17.5 Å². The Morgan fingerprint density at radius 1 is 1.23 bits per heavy atom. The van der Waals surface area contributed by atoms with Gasteiger partial charge in [-0.1, -0.05) is 18.2 Å². The molecule has 2 N–H and O–H groups in total. The zero-order valence-corrected chi connectivity index (χ0v) is 12.8. The lowest BCUT2D eigenvalue weighted by atomic mass is 10.2. The van der Waals surface area contributed by atoms with Gasteiger partial charge in [-0.05, 0) is 41.4 Å². The first-order chi connectivity index (χ1) is 10.6. The quantitative estimate of drug-likeness (QED) is 0.846. The second-order valence-electron chi connectivity index (χ2n) is 4.32. The van der Waals surface area contributed by atoms with Crippen molar-refractivity contribution in [1.29, 1.82) is 0 Å². The zero-order chi connectivity index (χ0) is 15.5. The van der Waals surface area contributed by atoms with Crippen LogP contribution in [0.2, 0.25) is 0 Å². The molecule has 1 aliphatic heterocycles. The minimum atomic E-state index is -1.05. The van der Waals surface area contributed by atoms with Crippen LogP contribution in [-0.2, 0) is 4.79 Å². The molecule has 2 heterocycles. The lowest BCUT2D eigenvalue weighted by Crippen LogP contribution is -2.19. The Morgan fingerprint density at radius 2 is 2.05 bits per heavy atom. The van der Waals surface area contributed by atoms with Crippen LogP contribution in [0.3, 0.4) is 0 Å². The number of rotatable bonds is 3. The minimum absolute atomic E-state index is 0.0977. The van der Waals surface area contributed by atoms with Crippen molar-refractivity contribution in [1.82, 2.24) is 5.32 Å². The second kappa shape index (κ2) is 6.17. The van der Waals surface area contributed by atoms with Gasteiger partial charge in [-0.25, -0.2) is 9.79 Å². The van der Waals surface area contributed by atoms with Gasteiger partial charge >= 0.3 is 5.97 Å². The fourth-order valence-electron chi connectivity index (χ4n) is 1.84. The van der Waals surface area contributed by atoms with Crippen molar-refractivity contribution in [3.8, 4) is 0 Å². The van der Waals surface area contributed by atoms with Gasteiger partial charge in [0.15, 0.2) is 5.17 Å². The molecule has 0 unspecified atom stereocenters. The summed E-state index contributed by atoms with van der Waals surface area (Å²) in [5.41, 5.74) is 0.413. The summed E-state index contributed by atoms with van der Waals surface area (Å²) in [6.45, 7) is 0. The number of carbonyl (C=O) groups is 2. The Morgan fingerprint density at radius 3 is 2.77 bits per heavy atom. The van der Waals surface area contributed by atoms with Crippen molar-refractivity contribution in [3.63, 3.8) is 0 Å². The van der Waals surface area contributed by atoms with Crippen LogP contribution >= 0.6 is 23.1 Å². The van der Waals surface area contributed by atoms with Crippen LogP contribution in [-0.4, -0.2) is 22.2 Å². The molecule has 3 rings (SSSR count). The first-order valence-corrected chi connectivity index (χ1v) is 7.98. The number of amides is 1. The van der Waals surface area contributed by atoms with Gasteiger partial charge in [0.1, 0.15) is 0 Å². The van der Waals surface area contributed by atoms with Gasteiger partial charge in [0.2, 0.25) is 0 Å². The SMILES string of the molecule is O=C1NC(=Nc2ccccc2C(=O)O)SC1=Cc1cccs1. The number of aliphatic imine (C=N–C) groups is 1. The molecule has 1 aliphatic rings. The molecule has 1 aromatic carbocycles. The van der Waals surface area contributed by atoms with Crippen LogP contribution in [0.25, 0.3) is 6.08 Å². The molecule has 22 heavy (non-hydrogen) atoms. The van der Waals surface area contributed by atoms with Gasteiger partial charge < -0.3 is 10.4 Å². The Kier molecular flexibility index (Phi) is 4.08. The highest BCUT2D eigenvalue weighted by Crippen LogP contribution is 2.29. The number of benzene rings is 1. The van der Waals surface area contributed by atoms with Gasteiger partial charge in [-0.3, -0.25) is 4.79 Å². The standard InChI is InChI=1S/C15H10N2O3S2/c18-13-12(8-9-4-3-7-21-9)22-15(17-13)16-11-6-2-1-5-10(11)14(19)20/h1-8H,(H,19,20)(H,16,17,18). The van der Waals surface area contributed by atoms with E-state index >= 15 is 0 Å². The minimum Gasteiger partial charge on any atom is -0.478 e. The maximum atomic E-state index is 11.9. The number of hydrogen-bond acceptors (Lipinski definition) is 5. The molecular formula is C15H10N2O3S2. The molecule has 2 aromatic rings. The smallest absolute Gasteiger partial charge is 0.337 e. The highest BCUT2D eigenvalue weighted by molar-refractivity contribution is 8.18. The summed E-state index contributed by atoms with van der Waals surface area (Å²) in [7, 11) is 0. The number of carboxylic acids is 1. The van der Waals surface area contributed by atoms with E-state index in [4.69, 9.17) is 5.11 Å². The van der Waals surface area contributed by atoms with Crippen molar-refractivity contribution in [3.05, 3.63) is 57.1 Å². The second-order valence-corrected chi connectivity index (χ2v) is 6.33. The highest BCUT2D eigenvalue weighted by Gasteiger charge is 2.24. The molecule has 0 bridgehead atoms. The van der Waals surface area contributed by atoms with Crippen LogP contribution in [0.4, 0.5) is 5.69 Å². The van der Waals surface area contributed by atoms with E-state index in [9.17, 15) is 9.59 Å². The van der Waals surface area contributed by atoms with E-state index < -0.39 is 5.97 Å². The topological polar surface area (TPSA) is 78.8 Å². The molecule has 1 aromatic heterocycles. The molecule has 1 saturated heterocycles. The predicted octanol–water partition coefficient (Wildman–Crippen LogP) is 3.34. The lowest BCUT2D eigenvalue weighted by Gasteiger charge is -2.00. The van der Waals surface area contributed by atoms with E-state index in [0.29, 0.717) is 15.8 Å². The number of para-hydroxylation sites is 1. The first kappa shape index (κ1) is 14.6. The van der Waals surface area contributed by atoms with Crippen molar-refractivity contribution >= 4 is 51.9 Å². The molecular weight excluding hydrogens is 320 g/mol. The number of carbonyl (C=O) groups excluding carboxylic acids is 1. The molecule has 7 heteroatoms. The first-order valence-electron chi connectivity index (χ1n) is 6.29. The molecule has 1 fully saturated rings. The molecule has 0 radical (unpaired) electrons. The van der Waals surface area contributed by atoms with E-state index in [0.717, 1.165) is 4.88 Å². The summed E-state index contributed by atoms with van der Waals surface area (Å²) in [4.78, 5) is 28.8. The molecule has 0 spiro atoms. The van der Waals surface area contributed by atoms with Gasteiger partial charge in [0, 0.05) is 4.88 Å². The van der Waals surface area contributed by atoms with Crippen LogP contribution in [0.5, 0.6) is 0 Å². The molecule has 0 saturated carbocycles. The van der Waals surface area contributed by atoms with Crippen molar-refractivity contribution < 1.29 is 14.7 Å². The Balaban J connectivity index is 1.89. The Hall–Kier alpha value is -2.38. The Labute approximate surface area is 134 Å². The molecule has 0 aliphatic carbocycles. The van der Waals surface area contributed by atoms with E-state index in [1.165, 1.54) is 29.2 Å². The zero-order valence-electron chi connectivity index (χ0n) is 11.1. The van der Waals surface area contributed by atoms with E-state index in [2.05, 4.69) is 10.3 Å². The maximum absolute atomic E-state index is 11.9. The van der Waals surface area contributed by atoms with Gasteiger partial charge in [0.25, 0.3) is 5.91 Å². The largest absolute Gasteiger partial charge is 0.478 e. The monoisotopic (exact) mass is 330 g/mol. The van der Waals surface area contributed by atoms with Gasteiger partial charge in [-0.2, -0.15) is 0 Å². The summed E-state index contributed by atoms with van der Waals surface area (Å²) < 4.78 is 0. The lowest BCUT2D eigenvalue weighted by molar-refractivity contribution is -0.115. The molecule has 110 valence electrons. The van der Waals surface area contributed by atoms with Crippen LogP contribution in [0.1, 0.15) is 15.2 Å². The third-order valence-electron chi connectivity index (χ3n) is 2.82. The predicted molar refractivity (Wildman–Crippen MR) is 88.5 cm³/mol. The van der Waals surface area contributed by atoms with Crippen LogP contribution < -0.4 is 5.32 Å². The number of thioether (sulfide) groups is 1. The number of amidine groups is 1. The number of carboxylic acid groups (broad SMARTS) is 1. The summed E-state index contributed by atoms with van der Waals surface area (Å²) in [6.07, 6.45) is 1.79. The van der Waals surface area contributed by atoms with Crippen LogP contribution in [0, 0.1) is 0 Å². The van der Waals surface area contributed by atoms with E-state index in [-0.39, 0.29) is 11.5 Å². The van der Waals surface area contributed by atoms with Gasteiger partial charge in [0.05, 0.1) is 16.2 Å². The van der Waals surface area contributed by atoms with E-state index in [1.54, 1.807) is 24.3 Å². The fraction of sp³-hybridized carbons (Fsp3) is 0.